The third-order valence-electron chi connectivity index (χ3n) is 3.07. The van der Waals surface area contributed by atoms with Gasteiger partial charge < -0.3 is 5.32 Å². The number of nitrogens with zero attached hydrogens (tertiary/aromatic N) is 1. The lowest BCUT2D eigenvalue weighted by Gasteiger charge is -2.31. The summed E-state index contributed by atoms with van der Waals surface area (Å²) >= 11 is 4.62. The Morgan fingerprint density at radius 1 is 1.19 bits per heavy atom. The number of halogens is 1. The van der Waals surface area contributed by atoms with E-state index in [0.29, 0.717) is 5.69 Å². The lowest BCUT2D eigenvalue weighted by atomic mass is 10.3. The van der Waals surface area contributed by atoms with Gasteiger partial charge >= 0.3 is 0 Å². The molecule has 1 fully saturated rings. The molecule has 3 amide bonds. The summed E-state index contributed by atoms with van der Waals surface area (Å²) in [6.45, 7) is 3.24. The van der Waals surface area contributed by atoms with E-state index in [4.69, 9.17) is 0 Å². The highest BCUT2D eigenvalue weighted by molar-refractivity contribution is 9.10. The van der Waals surface area contributed by atoms with Gasteiger partial charge in [-0.15, -0.1) is 11.8 Å². The van der Waals surface area contributed by atoms with Crippen molar-refractivity contribution in [3.63, 3.8) is 0 Å². The third-order valence-corrected chi connectivity index (χ3v) is 4.81. The van der Waals surface area contributed by atoms with Gasteiger partial charge in [0, 0.05) is 10.2 Å². The van der Waals surface area contributed by atoms with Crippen molar-refractivity contribution in [2.45, 2.75) is 24.3 Å². The molecular formula is C14H15BrN2O3S. The molecule has 0 spiro atoms. The van der Waals surface area contributed by atoms with Gasteiger partial charge in [0.25, 0.3) is 0 Å². The van der Waals surface area contributed by atoms with Crippen LogP contribution in [0.1, 0.15) is 13.8 Å². The highest BCUT2D eigenvalue weighted by Gasteiger charge is 2.37. The van der Waals surface area contributed by atoms with Crippen LogP contribution in [0.25, 0.3) is 0 Å². The fraction of sp³-hybridized carbons (Fsp3) is 0.357. The Morgan fingerprint density at radius 2 is 1.71 bits per heavy atom. The first-order valence-corrected chi connectivity index (χ1v) is 8.18. The average molecular weight is 371 g/mol. The molecule has 7 heteroatoms. The summed E-state index contributed by atoms with van der Waals surface area (Å²) in [6.07, 6.45) is 0. The van der Waals surface area contributed by atoms with Gasteiger partial charge in [0.05, 0.1) is 10.5 Å². The Hall–Kier alpha value is -1.34. The molecule has 0 saturated carbocycles. The smallest absolute Gasteiger partial charge is 0.244 e. The van der Waals surface area contributed by atoms with E-state index in [9.17, 15) is 14.4 Å². The Labute approximate surface area is 135 Å². The van der Waals surface area contributed by atoms with E-state index < -0.39 is 0 Å². The Morgan fingerprint density at radius 3 is 2.24 bits per heavy atom. The minimum Gasteiger partial charge on any atom is -0.325 e. The monoisotopic (exact) mass is 370 g/mol. The Balaban J connectivity index is 2.02. The number of rotatable bonds is 3. The summed E-state index contributed by atoms with van der Waals surface area (Å²) in [5.74, 6) is -1.01. The average Bonchev–Trinajstić information content (AvgIpc) is 2.44. The highest BCUT2D eigenvalue weighted by Crippen LogP contribution is 2.26. The van der Waals surface area contributed by atoms with E-state index >= 15 is 0 Å². The predicted molar refractivity (Wildman–Crippen MR) is 86.0 cm³/mol. The zero-order valence-electron chi connectivity index (χ0n) is 11.6. The van der Waals surface area contributed by atoms with Gasteiger partial charge in [0.15, 0.2) is 0 Å². The minimum atomic E-state index is -0.384. The molecule has 1 N–H and O–H groups in total. The van der Waals surface area contributed by atoms with Crippen LogP contribution in [0, 0.1) is 0 Å². The fourth-order valence-electron chi connectivity index (χ4n) is 2.00. The topological polar surface area (TPSA) is 66.5 Å². The van der Waals surface area contributed by atoms with Crippen LogP contribution in [-0.2, 0) is 14.4 Å². The van der Waals surface area contributed by atoms with Crippen LogP contribution in [0.4, 0.5) is 5.69 Å². The number of hydrogen-bond acceptors (Lipinski definition) is 4. The molecular weight excluding hydrogens is 356 g/mol. The molecule has 1 aliphatic heterocycles. The van der Waals surface area contributed by atoms with Gasteiger partial charge in [-0.2, -0.15) is 0 Å². The quantitative estimate of drug-likeness (QED) is 0.828. The maximum atomic E-state index is 12.0. The van der Waals surface area contributed by atoms with Crippen LogP contribution in [0.15, 0.2) is 28.7 Å². The van der Waals surface area contributed by atoms with Gasteiger partial charge in [0.2, 0.25) is 17.7 Å². The van der Waals surface area contributed by atoms with Crippen LogP contribution in [0.5, 0.6) is 0 Å². The number of anilines is 1. The van der Waals surface area contributed by atoms with Crippen molar-refractivity contribution in [2.75, 3.05) is 11.9 Å². The number of carbonyl (C=O) groups is 3. The van der Waals surface area contributed by atoms with E-state index in [1.165, 1.54) is 11.8 Å². The van der Waals surface area contributed by atoms with Crippen molar-refractivity contribution < 1.29 is 14.4 Å². The fourth-order valence-corrected chi connectivity index (χ4v) is 3.37. The van der Waals surface area contributed by atoms with Crippen molar-refractivity contribution in [1.82, 2.24) is 4.90 Å². The van der Waals surface area contributed by atoms with Gasteiger partial charge in [-0.3, -0.25) is 19.3 Å². The largest absolute Gasteiger partial charge is 0.325 e. The second-order valence-electron chi connectivity index (χ2n) is 4.74. The number of thioether (sulfide) groups is 1. The molecule has 0 radical (unpaired) electrons. The van der Waals surface area contributed by atoms with E-state index in [0.717, 1.165) is 9.37 Å². The molecule has 21 heavy (non-hydrogen) atoms. The molecule has 0 bridgehead atoms. The second-order valence-corrected chi connectivity index (χ2v) is 7.34. The number of nitrogens with one attached hydrogen (secondary N) is 1. The standard InChI is InChI=1S/C14H15BrN2O3S/c1-8-13(19)17(14(20)9(2)21-8)7-12(18)16-11-5-3-10(15)4-6-11/h3-6,8-9H,7H2,1-2H3,(H,16,18)/t8-,9-/m0/s1. The van der Waals surface area contributed by atoms with E-state index in [1.54, 1.807) is 38.1 Å². The number of benzene rings is 1. The molecule has 0 aromatic heterocycles. The van der Waals surface area contributed by atoms with Gasteiger partial charge in [-0.25, -0.2) is 0 Å². The summed E-state index contributed by atoms with van der Waals surface area (Å²) in [7, 11) is 0. The van der Waals surface area contributed by atoms with E-state index in [1.807, 2.05) is 0 Å². The number of hydrogen-bond donors (Lipinski definition) is 1. The highest BCUT2D eigenvalue weighted by atomic mass is 79.9. The van der Waals surface area contributed by atoms with Crippen molar-refractivity contribution in [2.24, 2.45) is 0 Å². The molecule has 1 aromatic carbocycles. The lowest BCUT2D eigenvalue weighted by molar-refractivity contribution is -0.147. The first kappa shape index (κ1) is 16.0. The molecule has 0 aliphatic carbocycles. The first-order chi connectivity index (χ1) is 9.88. The molecule has 112 valence electrons. The molecule has 1 saturated heterocycles. The van der Waals surface area contributed by atoms with E-state index in [2.05, 4.69) is 21.2 Å². The summed E-state index contributed by atoms with van der Waals surface area (Å²) in [6, 6.07) is 7.08. The Kier molecular flexibility index (Phi) is 5.05. The van der Waals surface area contributed by atoms with Crippen molar-refractivity contribution in [3.8, 4) is 0 Å². The summed E-state index contributed by atoms with van der Waals surface area (Å²) in [5.41, 5.74) is 0.621. The van der Waals surface area contributed by atoms with Crippen molar-refractivity contribution >= 4 is 51.1 Å². The maximum absolute atomic E-state index is 12.0. The minimum absolute atomic E-state index is 0.247. The van der Waals surface area contributed by atoms with Crippen molar-refractivity contribution in [1.29, 1.82) is 0 Å². The molecule has 1 aromatic rings. The molecule has 2 atom stereocenters. The van der Waals surface area contributed by atoms with E-state index in [-0.39, 0.29) is 34.8 Å². The lowest BCUT2D eigenvalue weighted by Crippen LogP contribution is -2.52. The SMILES string of the molecule is C[C@@H]1S[C@@H](C)C(=O)N(CC(=O)Nc2ccc(Br)cc2)C1=O. The third kappa shape index (κ3) is 3.85. The van der Waals surface area contributed by atoms with Crippen LogP contribution in [0.2, 0.25) is 0 Å². The van der Waals surface area contributed by atoms with Gasteiger partial charge in [0.1, 0.15) is 6.54 Å². The summed E-state index contributed by atoms with van der Waals surface area (Å²) in [5, 5.41) is 2.06. The van der Waals surface area contributed by atoms with Crippen LogP contribution >= 0.6 is 27.7 Å². The molecule has 2 rings (SSSR count). The van der Waals surface area contributed by atoms with Crippen LogP contribution in [0.3, 0.4) is 0 Å². The number of imide groups is 1. The van der Waals surface area contributed by atoms with Crippen LogP contribution < -0.4 is 5.32 Å². The molecule has 0 unspecified atom stereocenters. The van der Waals surface area contributed by atoms with Gasteiger partial charge in [-0.05, 0) is 38.1 Å². The van der Waals surface area contributed by atoms with Crippen LogP contribution in [-0.4, -0.2) is 39.7 Å². The predicted octanol–water partition coefficient (Wildman–Crippen LogP) is 2.27. The Bertz CT molecular complexity index is 556. The second kappa shape index (κ2) is 6.62. The number of amides is 3. The zero-order chi connectivity index (χ0) is 15.6. The summed E-state index contributed by atoms with van der Waals surface area (Å²) < 4.78 is 0.904. The maximum Gasteiger partial charge on any atom is 0.244 e. The first-order valence-electron chi connectivity index (χ1n) is 6.44. The molecule has 5 nitrogen and oxygen atoms in total. The summed E-state index contributed by atoms with van der Waals surface area (Å²) in [4.78, 5) is 37.1. The normalized spacial score (nSPS) is 22.3. The van der Waals surface area contributed by atoms with Gasteiger partial charge in [-0.1, -0.05) is 15.9 Å². The molecule has 1 heterocycles. The number of carbonyl (C=O) groups excluding carboxylic acids is 3. The van der Waals surface area contributed by atoms with Crippen molar-refractivity contribution in [3.05, 3.63) is 28.7 Å². The molecule has 1 aliphatic rings. The zero-order valence-corrected chi connectivity index (χ0v) is 14.0.